The van der Waals surface area contributed by atoms with Gasteiger partial charge in [0.2, 0.25) is 0 Å². The van der Waals surface area contributed by atoms with Crippen molar-refractivity contribution in [2.24, 2.45) is 0 Å². The van der Waals surface area contributed by atoms with Gasteiger partial charge in [0.05, 0.1) is 5.70 Å². The fourth-order valence-electron chi connectivity index (χ4n) is 1.27. The number of nitriles is 1. The minimum absolute atomic E-state index is 0.419. The molecule has 0 aromatic carbocycles. The van der Waals surface area contributed by atoms with Crippen LogP contribution in [0.4, 0.5) is 0 Å². The fraction of sp³-hybridized carbons (Fsp3) is 0.231. The molecule has 0 aliphatic carbocycles. The first-order valence-corrected chi connectivity index (χ1v) is 5.03. The summed E-state index contributed by atoms with van der Waals surface area (Å²) in [4.78, 5) is 0. The minimum Gasteiger partial charge on any atom is -0.237 e. The van der Waals surface area contributed by atoms with Gasteiger partial charge in [0.15, 0.2) is 5.69 Å². The smallest absolute Gasteiger partial charge is 0.163 e. The molecule has 0 radical (unpaired) electrons. The van der Waals surface area contributed by atoms with E-state index in [0.29, 0.717) is 5.69 Å². The van der Waals surface area contributed by atoms with Gasteiger partial charge in [-0.15, -0.1) is 0 Å². The van der Waals surface area contributed by atoms with Gasteiger partial charge in [-0.1, -0.05) is 18.2 Å². The lowest BCUT2D eigenvalue weighted by molar-refractivity contribution is 0.869. The predicted molar refractivity (Wildman–Crippen MR) is 65.6 cm³/mol. The van der Waals surface area contributed by atoms with Gasteiger partial charge >= 0.3 is 0 Å². The summed E-state index contributed by atoms with van der Waals surface area (Å²) in [6.07, 6.45) is 5.65. The van der Waals surface area contributed by atoms with Gasteiger partial charge in [0.1, 0.15) is 6.07 Å². The van der Waals surface area contributed by atoms with Crippen molar-refractivity contribution < 1.29 is 0 Å². The van der Waals surface area contributed by atoms with E-state index in [1.165, 1.54) is 5.57 Å². The molecule has 0 saturated heterocycles. The van der Waals surface area contributed by atoms with Crippen LogP contribution in [0, 0.1) is 18.3 Å². The fourth-order valence-corrected chi connectivity index (χ4v) is 1.27. The number of hydrogen-bond acceptors (Lipinski definition) is 2. The molecule has 0 bridgehead atoms. The molecular weight excluding hydrogens is 198 g/mol. The number of nitrogens with zero attached hydrogens (tertiary/aromatic N) is 3. The highest BCUT2D eigenvalue weighted by Crippen LogP contribution is 2.11. The largest absolute Gasteiger partial charge is 0.237 e. The van der Waals surface area contributed by atoms with Crippen molar-refractivity contribution in [3.63, 3.8) is 0 Å². The highest BCUT2D eigenvalue weighted by atomic mass is 15.3. The molecule has 82 valence electrons. The molecule has 1 aromatic heterocycles. The summed E-state index contributed by atoms with van der Waals surface area (Å²) in [6.45, 7) is 9.70. The highest BCUT2D eigenvalue weighted by molar-refractivity contribution is 5.58. The van der Waals surface area contributed by atoms with E-state index >= 15 is 0 Å². The molecule has 1 aromatic rings. The van der Waals surface area contributed by atoms with E-state index in [1.54, 1.807) is 16.8 Å². The first-order chi connectivity index (χ1) is 7.58. The molecule has 0 saturated carbocycles. The monoisotopic (exact) mass is 213 g/mol. The van der Waals surface area contributed by atoms with Crippen LogP contribution in [-0.2, 0) is 0 Å². The standard InChI is InChI=1S/C13H15N3/c1-5-13(7-6-10(2)3)16-11(4)8-12(9-14)15-16/h5-8H,1H2,2-4H3/b13-7+. The summed E-state index contributed by atoms with van der Waals surface area (Å²) in [5.41, 5.74) is 3.40. The zero-order chi connectivity index (χ0) is 12.1. The lowest BCUT2D eigenvalue weighted by Gasteiger charge is -2.03. The molecule has 1 heterocycles. The van der Waals surface area contributed by atoms with E-state index in [9.17, 15) is 0 Å². The molecule has 0 N–H and O–H groups in total. The van der Waals surface area contributed by atoms with Crippen LogP contribution in [0.15, 0.2) is 36.4 Å². The second kappa shape index (κ2) is 5.13. The highest BCUT2D eigenvalue weighted by Gasteiger charge is 2.04. The van der Waals surface area contributed by atoms with Gasteiger partial charge in [-0.2, -0.15) is 10.4 Å². The maximum atomic E-state index is 8.76. The first-order valence-electron chi connectivity index (χ1n) is 5.03. The normalized spacial score (nSPS) is 10.8. The average Bonchev–Trinajstić information content (AvgIpc) is 2.61. The molecule has 1 rings (SSSR count). The quantitative estimate of drug-likeness (QED) is 0.724. The van der Waals surface area contributed by atoms with Crippen LogP contribution in [0.2, 0.25) is 0 Å². The SMILES string of the molecule is C=C/C(=C\C=C(C)C)n1nc(C#N)cc1C. The summed E-state index contributed by atoms with van der Waals surface area (Å²) in [5.74, 6) is 0. The molecule has 0 aliphatic heterocycles. The average molecular weight is 213 g/mol. The maximum Gasteiger partial charge on any atom is 0.163 e. The van der Waals surface area contributed by atoms with Gasteiger partial charge in [-0.05, 0) is 39.0 Å². The number of hydrogen-bond donors (Lipinski definition) is 0. The van der Waals surface area contributed by atoms with E-state index in [4.69, 9.17) is 5.26 Å². The Bertz CT molecular complexity index is 492. The van der Waals surface area contributed by atoms with E-state index in [0.717, 1.165) is 11.4 Å². The summed E-state index contributed by atoms with van der Waals surface area (Å²) in [5, 5.41) is 12.9. The molecule has 3 nitrogen and oxygen atoms in total. The van der Waals surface area contributed by atoms with E-state index in [1.807, 2.05) is 39.0 Å². The minimum atomic E-state index is 0.419. The Hall–Kier alpha value is -2.08. The van der Waals surface area contributed by atoms with E-state index in [2.05, 4.69) is 11.7 Å². The molecule has 0 aliphatic rings. The number of rotatable bonds is 3. The molecule has 0 fully saturated rings. The first kappa shape index (κ1) is 12.0. The molecular formula is C13H15N3. The van der Waals surface area contributed by atoms with Crippen molar-refractivity contribution in [2.75, 3.05) is 0 Å². The Balaban J connectivity index is 3.19. The second-order valence-electron chi connectivity index (χ2n) is 3.73. The molecule has 0 spiro atoms. The van der Waals surface area contributed by atoms with Gasteiger partial charge in [-0.25, -0.2) is 4.68 Å². The van der Waals surface area contributed by atoms with Gasteiger partial charge in [-0.3, -0.25) is 0 Å². The summed E-state index contributed by atoms with van der Waals surface area (Å²) in [7, 11) is 0. The third kappa shape index (κ3) is 2.71. The molecule has 3 heteroatoms. The van der Waals surface area contributed by atoms with Crippen molar-refractivity contribution in [2.45, 2.75) is 20.8 Å². The van der Waals surface area contributed by atoms with Crippen molar-refractivity contribution in [1.82, 2.24) is 9.78 Å². The summed E-state index contributed by atoms with van der Waals surface area (Å²) >= 11 is 0. The van der Waals surface area contributed by atoms with Crippen LogP contribution in [0.5, 0.6) is 0 Å². The zero-order valence-electron chi connectivity index (χ0n) is 9.86. The van der Waals surface area contributed by atoms with E-state index in [-0.39, 0.29) is 0 Å². The molecule has 0 unspecified atom stereocenters. The number of aromatic nitrogens is 2. The Morgan fingerprint density at radius 3 is 2.62 bits per heavy atom. The third-order valence-electron chi connectivity index (χ3n) is 2.04. The molecule has 0 amide bonds. The maximum absolute atomic E-state index is 8.76. The van der Waals surface area contributed by atoms with Crippen molar-refractivity contribution in [1.29, 1.82) is 5.26 Å². The van der Waals surface area contributed by atoms with Gasteiger partial charge in [0, 0.05) is 5.69 Å². The molecule has 0 atom stereocenters. The van der Waals surface area contributed by atoms with Crippen molar-refractivity contribution >= 4 is 5.70 Å². The number of aryl methyl sites for hydroxylation is 1. The van der Waals surface area contributed by atoms with Gasteiger partial charge in [0.25, 0.3) is 0 Å². The third-order valence-corrected chi connectivity index (χ3v) is 2.04. The van der Waals surface area contributed by atoms with Crippen LogP contribution >= 0.6 is 0 Å². The second-order valence-corrected chi connectivity index (χ2v) is 3.73. The van der Waals surface area contributed by atoms with Crippen molar-refractivity contribution in [3.05, 3.63) is 47.8 Å². The van der Waals surface area contributed by atoms with Crippen LogP contribution in [0.25, 0.3) is 5.70 Å². The Labute approximate surface area is 96.0 Å². The van der Waals surface area contributed by atoms with Crippen LogP contribution in [0.3, 0.4) is 0 Å². The van der Waals surface area contributed by atoms with Crippen LogP contribution in [0.1, 0.15) is 25.2 Å². The Morgan fingerprint density at radius 1 is 1.50 bits per heavy atom. The van der Waals surface area contributed by atoms with Crippen LogP contribution in [-0.4, -0.2) is 9.78 Å². The van der Waals surface area contributed by atoms with Gasteiger partial charge < -0.3 is 0 Å². The zero-order valence-corrected chi connectivity index (χ0v) is 9.86. The molecule has 16 heavy (non-hydrogen) atoms. The van der Waals surface area contributed by atoms with E-state index < -0.39 is 0 Å². The predicted octanol–water partition coefficient (Wildman–Crippen LogP) is 3.06. The Kier molecular flexibility index (Phi) is 3.84. The number of allylic oxidation sites excluding steroid dienone is 5. The Morgan fingerprint density at radius 2 is 2.19 bits per heavy atom. The topological polar surface area (TPSA) is 41.6 Å². The van der Waals surface area contributed by atoms with Crippen molar-refractivity contribution in [3.8, 4) is 6.07 Å². The summed E-state index contributed by atoms with van der Waals surface area (Å²) in [6, 6.07) is 3.77. The lowest BCUT2D eigenvalue weighted by Crippen LogP contribution is -1.99. The lowest BCUT2D eigenvalue weighted by atomic mass is 10.3. The van der Waals surface area contributed by atoms with Crippen LogP contribution < -0.4 is 0 Å². The summed E-state index contributed by atoms with van der Waals surface area (Å²) < 4.78 is 1.71.